The molecule has 1 aliphatic heterocycles. The molecule has 0 spiro atoms. The summed E-state index contributed by atoms with van der Waals surface area (Å²) in [5, 5.41) is 0. The molecule has 1 fully saturated rings. The molecule has 1 aromatic rings. The molecule has 94 valence electrons. The number of carbonyl (C=O) groups is 1. The average molecular weight is 244 g/mol. The van der Waals surface area contributed by atoms with Crippen molar-refractivity contribution in [1.82, 2.24) is 0 Å². The number of epoxide rings is 1. The minimum absolute atomic E-state index is 0.171. The van der Waals surface area contributed by atoms with Crippen LogP contribution in [0.15, 0.2) is 48.6 Å². The van der Waals surface area contributed by atoms with Crippen molar-refractivity contribution < 1.29 is 14.3 Å². The second-order valence-corrected chi connectivity index (χ2v) is 4.17. The van der Waals surface area contributed by atoms with E-state index in [1.54, 1.807) is 0 Å². The van der Waals surface area contributed by atoms with Crippen molar-refractivity contribution in [3.63, 3.8) is 0 Å². The lowest BCUT2D eigenvalue weighted by Gasteiger charge is -2.03. The summed E-state index contributed by atoms with van der Waals surface area (Å²) in [6, 6.07) is 9.86. The normalized spacial score (nSPS) is 17.7. The molecule has 0 N–H and O–H groups in total. The highest BCUT2D eigenvalue weighted by atomic mass is 16.6. The largest absolute Gasteiger partial charge is 0.458 e. The molecule has 0 amide bonds. The van der Waals surface area contributed by atoms with Gasteiger partial charge < -0.3 is 9.47 Å². The summed E-state index contributed by atoms with van der Waals surface area (Å²) >= 11 is 0. The molecule has 1 atom stereocenters. The fraction of sp³-hybridized carbons (Fsp3) is 0.267. The molecule has 1 heterocycles. The zero-order valence-corrected chi connectivity index (χ0v) is 10.2. The Morgan fingerprint density at radius 2 is 2.17 bits per heavy atom. The van der Waals surface area contributed by atoms with Crippen LogP contribution in [0.5, 0.6) is 0 Å². The molecule has 1 saturated heterocycles. The maximum absolute atomic E-state index is 11.5. The third-order valence-corrected chi connectivity index (χ3v) is 2.59. The monoisotopic (exact) mass is 244 g/mol. The fourth-order valence-corrected chi connectivity index (χ4v) is 1.52. The van der Waals surface area contributed by atoms with Gasteiger partial charge in [0.25, 0.3) is 0 Å². The quantitative estimate of drug-likeness (QED) is 0.438. The molecule has 3 nitrogen and oxygen atoms in total. The van der Waals surface area contributed by atoms with E-state index in [9.17, 15) is 4.79 Å². The maximum atomic E-state index is 11.5. The highest BCUT2D eigenvalue weighted by molar-refractivity contribution is 5.87. The van der Waals surface area contributed by atoms with E-state index in [4.69, 9.17) is 9.47 Å². The second kappa shape index (κ2) is 6.17. The van der Waals surface area contributed by atoms with Gasteiger partial charge in [-0.1, -0.05) is 43.0 Å². The third-order valence-electron chi connectivity index (χ3n) is 2.59. The number of hydrogen-bond acceptors (Lipinski definition) is 3. The first-order valence-electron chi connectivity index (χ1n) is 5.94. The van der Waals surface area contributed by atoms with Gasteiger partial charge in [0.2, 0.25) is 0 Å². The lowest BCUT2D eigenvalue weighted by molar-refractivity contribution is -0.138. The number of benzene rings is 1. The van der Waals surface area contributed by atoms with Gasteiger partial charge in [-0.25, -0.2) is 4.79 Å². The van der Waals surface area contributed by atoms with Crippen molar-refractivity contribution in [3.8, 4) is 0 Å². The summed E-state index contributed by atoms with van der Waals surface area (Å²) in [4.78, 5) is 11.5. The van der Waals surface area contributed by atoms with Gasteiger partial charge in [0, 0.05) is 12.0 Å². The van der Waals surface area contributed by atoms with Gasteiger partial charge in [-0.2, -0.15) is 0 Å². The van der Waals surface area contributed by atoms with E-state index in [-0.39, 0.29) is 18.7 Å². The lowest BCUT2D eigenvalue weighted by Crippen LogP contribution is -2.08. The topological polar surface area (TPSA) is 38.8 Å². The van der Waals surface area contributed by atoms with Gasteiger partial charge in [0.1, 0.15) is 6.61 Å². The fourth-order valence-electron chi connectivity index (χ4n) is 1.52. The van der Waals surface area contributed by atoms with E-state index in [1.165, 1.54) is 0 Å². The van der Waals surface area contributed by atoms with E-state index in [1.807, 2.05) is 42.5 Å². The van der Waals surface area contributed by atoms with Gasteiger partial charge in [-0.3, -0.25) is 0 Å². The van der Waals surface area contributed by atoms with Crippen LogP contribution in [-0.2, 0) is 14.3 Å². The van der Waals surface area contributed by atoms with Crippen LogP contribution >= 0.6 is 0 Å². The maximum Gasteiger partial charge on any atom is 0.333 e. The van der Waals surface area contributed by atoms with Crippen LogP contribution in [0.2, 0.25) is 0 Å². The first kappa shape index (κ1) is 12.6. The number of ether oxygens (including phenoxy) is 2. The van der Waals surface area contributed by atoms with Crippen molar-refractivity contribution in [1.29, 1.82) is 0 Å². The van der Waals surface area contributed by atoms with E-state index in [0.29, 0.717) is 12.0 Å². The van der Waals surface area contributed by atoms with Gasteiger partial charge >= 0.3 is 5.97 Å². The first-order chi connectivity index (χ1) is 8.75. The molecule has 18 heavy (non-hydrogen) atoms. The molecule has 0 saturated carbocycles. The van der Waals surface area contributed by atoms with Crippen molar-refractivity contribution in [2.75, 3.05) is 13.2 Å². The van der Waals surface area contributed by atoms with Crippen molar-refractivity contribution >= 4 is 12.0 Å². The predicted molar refractivity (Wildman–Crippen MR) is 69.9 cm³/mol. The van der Waals surface area contributed by atoms with E-state index in [2.05, 4.69) is 6.58 Å². The van der Waals surface area contributed by atoms with Gasteiger partial charge in [0.15, 0.2) is 0 Å². The molecule has 0 aromatic heterocycles. The van der Waals surface area contributed by atoms with Crippen LogP contribution in [0.25, 0.3) is 6.08 Å². The Morgan fingerprint density at radius 1 is 1.44 bits per heavy atom. The van der Waals surface area contributed by atoms with Crippen molar-refractivity contribution in [3.05, 3.63) is 54.1 Å². The van der Waals surface area contributed by atoms with E-state index in [0.717, 1.165) is 12.2 Å². The van der Waals surface area contributed by atoms with E-state index < -0.39 is 0 Å². The van der Waals surface area contributed by atoms with Gasteiger partial charge in [0.05, 0.1) is 12.7 Å². The highest BCUT2D eigenvalue weighted by Gasteiger charge is 2.25. The Bertz CT molecular complexity index is 444. The smallest absolute Gasteiger partial charge is 0.333 e. The van der Waals surface area contributed by atoms with Crippen LogP contribution in [0.4, 0.5) is 0 Å². The Hall–Kier alpha value is -1.87. The van der Waals surface area contributed by atoms with Crippen LogP contribution in [-0.4, -0.2) is 25.3 Å². The second-order valence-electron chi connectivity index (χ2n) is 4.17. The third kappa shape index (κ3) is 4.18. The van der Waals surface area contributed by atoms with E-state index >= 15 is 0 Å². The number of rotatable bonds is 6. The number of carbonyl (C=O) groups excluding carboxylic acids is 1. The predicted octanol–water partition coefficient (Wildman–Crippen LogP) is 2.59. The van der Waals surface area contributed by atoms with Gasteiger partial charge in [-0.05, 0) is 11.6 Å². The highest BCUT2D eigenvalue weighted by Crippen LogP contribution is 2.18. The zero-order valence-electron chi connectivity index (χ0n) is 10.2. The van der Waals surface area contributed by atoms with Crippen LogP contribution < -0.4 is 0 Å². The standard InChI is InChI=1S/C15H16O3/c1-12(10-14-11-18-14)15(16)17-9-5-8-13-6-3-2-4-7-13/h2-8,14H,1,9-11H2. The molecular formula is C15H16O3. The van der Waals surface area contributed by atoms with Crippen LogP contribution in [0.3, 0.4) is 0 Å². The molecule has 1 unspecified atom stereocenters. The Kier molecular flexibility index (Phi) is 4.31. The average Bonchev–Trinajstić information content (AvgIpc) is 3.19. The summed E-state index contributed by atoms with van der Waals surface area (Å²) in [5.74, 6) is -0.344. The molecule has 0 radical (unpaired) electrons. The molecule has 0 aliphatic carbocycles. The molecule has 3 heteroatoms. The van der Waals surface area contributed by atoms with Crippen LogP contribution in [0.1, 0.15) is 12.0 Å². The summed E-state index contributed by atoms with van der Waals surface area (Å²) < 4.78 is 10.1. The zero-order chi connectivity index (χ0) is 12.8. The lowest BCUT2D eigenvalue weighted by atomic mass is 10.2. The SMILES string of the molecule is C=C(CC1CO1)C(=O)OCC=Cc1ccccc1. The minimum atomic E-state index is -0.344. The molecular weight excluding hydrogens is 228 g/mol. The number of hydrogen-bond donors (Lipinski definition) is 0. The Morgan fingerprint density at radius 3 is 2.83 bits per heavy atom. The summed E-state index contributed by atoms with van der Waals surface area (Å²) in [7, 11) is 0. The first-order valence-corrected chi connectivity index (χ1v) is 5.94. The molecule has 0 bridgehead atoms. The van der Waals surface area contributed by atoms with Crippen molar-refractivity contribution in [2.45, 2.75) is 12.5 Å². The molecule has 2 rings (SSSR count). The summed E-state index contributed by atoms with van der Waals surface area (Å²) in [5.41, 5.74) is 1.56. The molecule has 1 aromatic carbocycles. The van der Waals surface area contributed by atoms with Crippen molar-refractivity contribution in [2.24, 2.45) is 0 Å². The summed E-state index contributed by atoms with van der Waals surface area (Å²) in [6.45, 7) is 4.68. The van der Waals surface area contributed by atoms with Gasteiger partial charge in [-0.15, -0.1) is 0 Å². The van der Waals surface area contributed by atoms with Crippen LogP contribution in [0, 0.1) is 0 Å². The minimum Gasteiger partial charge on any atom is -0.458 e. The summed E-state index contributed by atoms with van der Waals surface area (Å²) in [6.07, 6.45) is 4.47. The Balaban J connectivity index is 1.69. The Labute approximate surface area is 107 Å². The number of esters is 1. The molecule has 1 aliphatic rings.